The number of ketones is 1. The van der Waals surface area contributed by atoms with Gasteiger partial charge in [0.15, 0.2) is 11.7 Å². The summed E-state index contributed by atoms with van der Waals surface area (Å²) in [5, 5.41) is 3.29. The van der Waals surface area contributed by atoms with Crippen molar-refractivity contribution in [1.82, 2.24) is 15.0 Å². The molecular weight excluding hydrogens is 364 g/mol. The van der Waals surface area contributed by atoms with Crippen molar-refractivity contribution in [2.45, 2.75) is 50.9 Å². The monoisotopic (exact) mass is 388 g/mol. The zero-order chi connectivity index (χ0) is 19.8. The highest BCUT2D eigenvalue weighted by Crippen LogP contribution is 2.39. The van der Waals surface area contributed by atoms with Crippen molar-refractivity contribution in [3.05, 3.63) is 54.3 Å². The Morgan fingerprint density at radius 2 is 2.03 bits per heavy atom. The number of Topliss-reactive ketones (excluding diaryl/α,β-unsaturated/α-hetero) is 1. The smallest absolute Gasteiger partial charge is 0.227 e. The van der Waals surface area contributed by atoms with E-state index in [2.05, 4.69) is 20.3 Å². The van der Waals surface area contributed by atoms with Crippen LogP contribution < -0.4 is 5.32 Å². The van der Waals surface area contributed by atoms with Gasteiger partial charge in [-0.05, 0) is 43.9 Å². The third-order valence-corrected chi connectivity index (χ3v) is 5.97. The molecule has 3 aromatic rings. The number of carbonyl (C=O) groups is 1. The Morgan fingerprint density at radius 3 is 2.90 bits per heavy atom. The number of nitrogens with zero attached hydrogens (tertiary/aromatic N) is 3. The van der Waals surface area contributed by atoms with Gasteiger partial charge in [-0.15, -0.1) is 0 Å². The summed E-state index contributed by atoms with van der Waals surface area (Å²) in [4.78, 5) is 25.5. The van der Waals surface area contributed by atoms with Crippen molar-refractivity contribution < 1.29 is 9.21 Å². The first kappa shape index (κ1) is 18.0. The number of rotatable bonds is 5. The van der Waals surface area contributed by atoms with Gasteiger partial charge in [-0.3, -0.25) is 4.79 Å². The predicted octanol–water partition coefficient (Wildman–Crippen LogP) is 5.23. The lowest BCUT2D eigenvalue weighted by molar-refractivity contribution is -0.124. The Kier molecular flexibility index (Phi) is 4.62. The number of carbonyl (C=O) groups excluding carboxylic acids is 1. The fraction of sp³-hybridized carbons (Fsp3) is 0.391. The average Bonchev–Trinajstić information content (AvgIpc) is 3.48. The minimum atomic E-state index is -0.0286. The summed E-state index contributed by atoms with van der Waals surface area (Å²) in [7, 11) is 0. The largest absolute Gasteiger partial charge is 0.440 e. The van der Waals surface area contributed by atoms with Crippen LogP contribution in [0.1, 0.15) is 62.4 Å². The maximum atomic E-state index is 12.1. The molecule has 1 N–H and O–H groups in total. The summed E-state index contributed by atoms with van der Waals surface area (Å²) in [6.07, 6.45) is 8.51. The number of nitrogens with one attached hydrogen (secondary N) is 1. The summed E-state index contributed by atoms with van der Waals surface area (Å²) < 4.78 is 6.07. The lowest BCUT2D eigenvalue weighted by atomic mass is 9.79. The predicted molar refractivity (Wildman–Crippen MR) is 110 cm³/mol. The van der Waals surface area contributed by atoms with Gasteiger partial charge in [0.2, 0.25) is 5.95 Å². The summed E-state index contributed by atoms with van der Waals surface area (Å²) in [5.41, 5.74) is 2.94. The highest BCUT2D eigenvalue weighted by atomic mass is 16.4. The number of hydrogen-bond donors (Lipinski definition) is 1. The lowest BCUT2D eigenvalue weighted by Crippen LogP contribution is -2.24. The van der Waals surface area contributed by atoms with Crippen molar-refractivity contribution in [2.75, 3.05) is 5.32 Å². The first-order valence-corrected chi connectivity index (χ1v) is 10.4. The molecule has 6 heteroatoms. The number of aromatic nitrogens is 3. The molecule has 0 spiro atoms. The van der Waals surface area contributed by atoms with E-state index in [1.165, 1.54) is 12.8 Å². The van der Waals surface area contributed by atoms with E-state index in [1.807, 2.05) is 43.5 Å². The van der Waals surface area contributed by atoms with Crippen molar-refractivity contribution in [3.8, 4) is 11.3 Å². The molecule has 2 saturated carbocycles. The molecule has 2 atom stereocenters. The molecule has 2 aliphatic carbocycles. The maximum absolute atomic E-state index is 12.1. The van der Waals surface area contributed by atoms with Gasteiger partial charge in [0.1, 0.15) is 5.78 Å². The molecular formula is C23H24N4O2. The van der Waals surface area contributed by atoms with E-state index >= 15 is 0 Å². The van der Waals surface area contributed by atoms with E-state index < -0.39 is 0 Å². The SMILES string of the molecule is CC1C(=O)CCCC1c1ncc(-c2cccc(Nc3nccc(C4CC4)n3)c2)o1. The quantitative estimate of drug-likeness (QED) is 0.645. The Bertz CT molecular complexity index is 1040. The molecule has 6 nitrogen and oxygen atoms in total. The summed E-state index contributed by atoms with van der Waals surface area (Å²) in [6, 6.07) is 9.94. The van der Waals surface area contributed by atoms with E-state index in [4.69, 9.17) is 4.42 Å². The van der Waals surface area contributed by atoms with Crippen LogP contribution in [0.5, 0.6) is 0 Å². The first-order valence-electron chi connectivity index (χ1n) is 10.4. The minimum Gasteiger partial charge on any atom is -0.440 e. The second-order valence-corrected chi connectivity index (χ2v) is 8.10. The Labute approximate surface area is 169 Å². The van der Waals surface area contributed by atoms with E-state index in [-0.39, 0.29) is 11.8 Å². The van der Waals surface area contributed by atoms with Gasteiger partial charge in [0.05, 0.1) is 6.20 Å². The standard InChI is InChI=1S/C23H24N4O2/c1-14-18(6-3-7-20(14)28)22-25-13-21(29-22)16-4-2-5-17(12-16)26-23-24-11-10-19(27-23)15-8-9-15/h2,4-5,10-15,18H,3,6-9H2,1H3,(H,24,26,27). The highest BCUT2D eigenvalue weighted by Gasteiger charge is 2.32. The van der Waals surface area contributed by atoms with Gasteiger partial charge in [-0.25, -0.2) is 15.0 Å². The fourth-order valence-corrected chi connectivity index (χ4v) is 4.05. The molecule has 1 aromatic carbocycles. The van der Waals surface area contributed by atoms with Crippen LogP contribution in [-0.2, 0) is 4.79 Å². The van der Waals surface area contributed by atoms with Gasteiger partial charge in [-0.1, -0.05) is 19.1 Å². The molecule has 5 rings (SSSR count). The molecule has 0 bridgehead atoms. The van der Waals surface area contributed by atoms with Crippen LogP contribution in [0.3, 0.4) is 0 Å². The van der Waals surface area contributed by atoms with E-state index in [0.717, 1.165) is 29.8 Å². The molecule has 0 aliphatic heterocycles. The zero-order valence-electron chi connectivity index (χ0n) is 16.5. The lowest BCUT2D eigenvalue weighted by Gasteiger charge is -2.24. The number of hydrogen-bond acceptors (Lipinski definition) is 6. The third-order valence-electron chi connectivity index (χ3n) is 5.97. The van der Waals surface area contributed by atoms with Crippen LogP contribution >= 0.6 is 0 Å². The van der Waals surface area contributed by atoms with Crippen molar-refractivity contribution in [2.24, 2.45) is 5.92 Å². The molecule has 2 aromatic heterocycles. The molecule has 2 aliphatic rings. The second-order valence-electron chi connectivity index (χ2n) is 8.10. The van der Waals surface area contributed by atoms with Crippen LogP contribution in [0.15, 0.2) is 47.1 Å². The topological polar surface area (TPSA) is 80.9 Å². The van der Waals surface area contributed by atoms with Crippen molar-refractivity contribution in [3.63, 3.8) is 0 Å². The zero-order valence-corrected chi connectivity index (χ0v) is 16.5. The fourth-order valence-electron chi connectivity index (χ4n) is 4.05. The Balaban J connectivity index is 1.35. The highest BCUT2D eigenvalue weighted by molar-refractivity contribution is 5.82. The molecule has 0 radical (unpaired) electrons. The first-order chi connectivity index (χ1) is 14.2. The average molecular weight is 388 g/mol. The second kappa shape index (κ2) is 7.43. The number of oxazole rings is 1. The van der Waals surface area contributed by atoms with Crippen LogP contribution in [0.4, 0.5) is 11.6 Å². The van der Waals surface area contributed by atoms with Crippen LogP contribution in [0.2, 0.25) is 0 Å². The maximum Gasteiger partial charge on any atom is 0.227 e. The summed E-state index contributed by atoms with van der Waals surface area (Å²) in [5.74, 6) is 2.93. The van der Waals surface area contributed by atoms with Gasteiger partial charge < -0.3 is 9.73 Å². The van der Waals surface area contributed by atoms with Gasteiger partial charge in [0.25, 0.3) is 0 Å². The Hall–Kier alpha value is -3.02. The van der Waals surface area contributed by atoms with Crippen LogP contribution in [0, 0.1) is 5.92 Å². The molecule has 148 valence electrons. The third kappa shape index (κ3) is 3.79. The molecule has 2 heterocycles. The van der Waals surface area contributed by atoms with Crippen molar-refractivity contribution in [1.29, 1.82) is 0 Å². The molecule has 29 heavy (non-hydrogen) atoms. The van der Waals surface area contributed by atoms with E-state index in [0.29, 0.717) is 35.7 Å². The van der Waals surface area contributed by atoms with Crippen LogP contribution in [0.25, 0.3) is 11.3 Å². The molecule has 0 saturated heterocycles. The number of benzene rings is 1. The normalized spacial score (nSPS) is 21.9. The number of anilines is 2. The molecule has 2 unspecified atom stereocenters. The summed E-state index contributed by atoms with van der Waals surface area (Å²) >= 11 is 0. The van der Waals surface area contributed by atoms with Crippen molar-refractivity contribution >= 4 is 17.4 Å². The van der Waals surface area contributed by atoms with E-state index in [1.54, 1.807) is 6.20 Å². The van der Waals surface area contributed by atoms with Crippen LogP contribution in [-0.4, -0.2) is 20.7 Å². The van der Waals surface area contributed by atoms with Gasteiger partial charge in [0, 0.05) is 47.3 Å². The van der Waals surface area contributed by atoms with Gasteiger partial charge >= 0.3 is 0 Å². The minimum absolute atomic E-state index is 0.0286. The summed E-state index contributed by atoms with van der Waals surface area (Å²) in [6.45, 7) is 1.98. The Morgan fingerprint density at radius 1 is 1.14 bits per heavy atom. The van der Waals surface area contributed by atoms with Gasteiger partial charge in [-0.2, -0.15) is 0 Å². The molecule has 0 amide bonds. The van der Waals surface area contributed by atoms with E-state index in [9.17, 15) is 4.79 Å². The molecule has 2 fully saturated rings.